The zero-order chi connectivity index (χ0) is 16.7. The van der Waals surface area contributed by atoms with Gasteiger partial charge in [-0.25, -0.2) is 0 Å². The molecule has 2 N–H and O–H groups in total. The van der Waals surface area contributed by atoms with Crippen molar-refractivity contribution in [3.05, 3.63) is 53.9 Å². The van der Waals surface area contributed by atoms with Gasteiger partial charge in [0.15, 0.2) is 5.96 Å². The van der Waals surface area contributed by atoms with Crippen molar-refractivity contribution in [2.24, 2.45) is 12.0 Å². The van der Waals surface area contributed by atoms with E-state index in [9.17, 15) is 0 Å². The molecule has 2 rings (SSSR count). The van der Waals surface area contributed by atoms with Crippen LogP contribution < -0.4 is 15.4 Å². The molecule has 0 fully saturated rings. The van der Waals surface area contributed by atoms with E-state index in [2.05, 4.69) is 40.9 Å². The molecule has 0 amide bonds. The maximum absolute atomic E-state index is 5.96. The number of aliphatic imine (C=N–C) groups is 1. The molecule has 0 aliphatic carbocycles. The molecule has 0 saturated heterocycles. The highest BCUT2D eigenvalue weighted by atomic mass is 16.5. The van der Waals surface area contributed by atoms with E-state index < -0.39 is 0 Å². The molecule has 0 aliphatic rings. The lowest BCUT2D eigenvalue weighted by atomic mass is 10.2. The van der Waals surface area contributed by atoms with Gasteiger partial charge in [0.1, 0.15) is 11.9 Å². The van der Waals surface area contributed by atoms with Crippen LogP contribution in [0.3, 0.4) is 0 Å². The van der Waals surface area contributed by atoms with Gasteiger partial charge in [0.25, 0.3) is 0 Å². The van der Waals surface area contributed by atoms with Crippen LogP contribution >= 0.6 is 0 Å². The van der Waals surface area contributed by atoms with E-state index in [1.54, 1.807) is 7.05 Å². The number of hydrogen-bond acceptors (Lipinski definition) is 2. The first kappa shape index (κ1) is 16.9. The molecule has 23 heavy (non-hydrogen) atoms. The van der Waals surface area contributed by atoms with Crippen molar-refractivity contribution in [3.8, 4) is 5.75 Å². The van der Waals surface area contributed by atoms with Crippen LogP contribution in [0.5, 0.6) is 5.75 Å². The van der Waals surface area contributed by atoms with Crippen LogP contribution in [0, 0.1) is 6.92 Å². The molecule has 0 bridgehead atoms. The third kappa shape index (κ3) is 5.36. The summed E-state index contributed by atoms with van der Waals surface area (Å²) >= 11 is 0. The van der Waals surface area contributed by atoms with Crippen molar-refractivity contribution in [2.45, 2.75) is 26.5 Å². The van der Waals surface area contributed by atoms with E-state index >= 15 is 0 Å². The number of aromatic nitrogens is 1. The lowest BCUT2D eigenvalue weighted by Crippen LogP contribution is -2.41. The van der Waals surface area contributed by atoms with Crippen molar-refractivity contribution in [3.63, 3.8) is 0 Å². The molecule has 1 atom stereocenters. The predicted molar refractivity (Wildman–Crippen MR) is 94.9 cm³/mol. The summed E-state index contributed by atoms with van der Waals surface area (Å²) < 4.78 is 7.99. The topological polar surface area (TPSA) is 50.6 Å². The van der Waals surface area contributed by atoms with Gasteiger partial charge in [0.05, 0.1) is 6.54 Å². The second-order valence-corrected chi connectivity index (χ2v) is 5.69. The second-order valence-electron chi connectivity index (χ2n) is 5.69. The molecular formula is C18H26N4O. The van der Waals surface area contributed by atoms with Gasteiger partial charge in [-0.15, -0.1) is 0 Å². The third-order valence-electron chi connectivity index (χ3n) is 3.56. The quantitative estimate of drug-likeness (QED) is 0.636. The van der Waals surface area contributed by atoms with Gasteiger partial charge < -0.3 is 19.9 Å². The normalized spacial score (nSPS) is 12.8. The minimum atomic E-state index is 0.0476. The first-order valence-electron chi connectivity index (χ1n) is 7.86. The molecule has 2 aromatic rings. The van der Waals surface area contributed by atoms with E-state index in [0.717, 1.165) is 23.8 Å². The molecule has 1 heterocycles. The summed E-state index contributed by atoms with van der Waals surface area (Å²) in [6.07, 6.45) is 4.17. The Morgan fingerprint density at radius 3 is 2.70 bits per heavy atom. The summed E-state index contributed by atoms with van der Waals surface area (Å²) in [6.45, 7) is 5.52. The third-order valence-corrected chi connectivity index (χ3v) is 3.56. The smallest absolute Gasteiger partial charge is 0.191 e. The maximum Gasteiger partial charge on any atom is 0.191 e. The zero-order valence-corrected chi connectivity index (χ0v) is 14.3. The highest BCUT2D eigenvalue weighted by Gasteiger charge is 2.07. The van der Waals surface area contributed by atoms with Crippen LogP contribution in [0.1, 0.15) is 18.1 Å². The Balaban J connectivity index is 1.77. The number of para-hydroxylation sites is 1. The first-order chi connectivity index (χ1) is 11.1. The van der Waals surface area contributed by atoms with E-state index in [-0.39, 0.29) is 6.10 Å². The molecule has 1 aromatic heterocycles. The summed E-state index contributed by atoms with van der Waals surface area (Å²) in [5, 5.41) is 6.59. The molecule has 1 aromatic carbocycles. The largest absolute Gasteiger partial charge is 0.489 e. The van der Waals surface area contributed by atoms with Crippen molar-refractivity contribution < 1.29 is 4.74 Å². The average Bonchev–Trinajstić information content (AvgIpc) is 2.95. The van der Waals surface area contributed by atoms with Crippen LogP contribution in [-0.2, 0) is 13.6 Å². The van der Waals surface area contributed by atoms with Gasteiger partial charge in [-0.3, -0.25) is 4.99 Å². The molecular weight excluding hydrogens is 288 g/mol. The highest BCUT2D eigenvalue weighted by Crippen LogP contribution is 2.17. The van der Waals surface area contributed by atoms with Crippen molar-refractivity contribution in [1.82, 2.24) is 15.2 Å². The predicted octanol–water partition coefficient (Wildman–Crippen LogP) is 2.47. The monoisotopic (exact) mass is 314 g/mol. The fraction of sp³-hybridized carbons (Fsp3) is 0.389. The van der Waals surface area contributed by atoms with Gasteiger partial charge in [-0.1, -0.05) is 18.2 Å². The lowest BCUT2D eigenvalue weighted by molar-refractivity contribution is 0.222. The summed E-state index contributed by atoms with van der Waals surface area (Å²) in [4.78, 5) is 4.24. The second kappa shape index (κ2) is 8.27. The number of ether oxygens (including phenoxy) is 1. The Bertz CT molecular complexity index is 648. The summed E-state index contributed by atoms with van der Waals surface area (Å²) in [5.74, 6) is 1.70. The zero-order valence-electron chi connectivity index (χ0n) is 14.3. The summed E-state index contributed by atoms with van der Waals surface area (Å²) in [5.41, 5.74) is 2.37. The fourth-order valence-corrected chi connectivity index (χ4v) is 2.26. The van der Waals surface area contributed by atoms with E-state index in [1.165, 1.54) is 5.56 Å². The number of guanidine groups is 1. The Hall–Kier alpha value is -2.43. The van der Waals surface area contributed by atoms with Crippen LogP contribution in [0.2, 0.25) is 0 Å². The number of rotatable bonds is 6. The summed E-state index contributed by atoms with van der Waals surface area (Å²) in [6, 6.07) is 10.1. The van der Waals surface area contributed by atoms with E-state index in [1.807, 2.05) is 42.9 Å². The number of aryl methyl sites for hydroxylation is 2. The molecule has 0 saturated carbocycles. The first-order valence-corrected chi connectivity index (χ1v) is 7.86. The Morgan fingerprint density at radius 1 is 1.26 bits per heavy atom. The highest BCUT2D eigenvalue weighted by molar-refractivity contribution is 5.79. The van der Waals surface area contributed by atoms with Crippen LogP contribution in [0.25, 0.3) is 0 Å². The maximum atomic E-state index is 5.96. The van der Waals surface area contributed by atoms with Gasteiger partial charge >= 0.3 is 0 Å². The SMILES string of the molecule is CN=C(NCc1ccn(C)c1)NCC(C)Oc1ccccc1C. The van der Waals surface area contributed by atoms with E-state index in [0.29, 0.717) is 6.54 Å². The van der Waals surface area contributed by atoms with Crippen LogP contribution in [0.4, 0.5) is 0 Å². The minimum absolute atomic E-state index is 0.0476. The van der Waals surface area contributed by atoms with Crippen molar-refractivity contribution in [2.75, 3.05) is 13.6 Å². The Labute approximate surface area is 138 Å². The number of nitrogens with zero attached hydrogens (tertiary/aromatic N) is 2. The average molecular weight is 314 g/mol. The molecule has 5 nitrogen and oxygen atoms in total. The van der Waals surface area contributed by atoms with Crippen molar-refractivity contribution in [1.29, 1.82) is 0 Å². The van der Waals surface area contributed by atoms with Gasteiger partial charge in [0, 0.05) is 33.0 Å². The molecule has 5 heteroatoms. The Kier molecular flexibility index (Phi) is 6.09. The minimum Gasteiger partial charge on any atom is -0.489 e. The fourth-order valence-electron chi connectivity index (χ4n) is 2.26. The van der Waals surface area contributed by atoms with E-state index in [4.69, 9.17) is 4.74 Å². The van der Waals surface area contributed by atoms with Gasteiger partial charge in [-0.2, -0.15) is 0 Å². The molecule has 0 radical (unpaired) electrons. The van der Waals surface area contributed by atoms with Crippen molar-refractivity contribution >= 4 is 5.96 Å². The lowest BCUT2D eigenvalue weighted by Gasteiger charge is -2.18. The summed E-state index contributed by atoms with van der Waals surface area (Å²) in [7, 11) is 3.79. The van der Waals surface area contributed by atoms with Gasteiger partial charge in [-0.05, 0) is 37.1 Å². The molecule has 0 spiro atoms. The van der Waals surface area contributed by atoms with Gasteiger partial charge in [0.2, 0.25) is 0 Å². The standard InChI is InChI=1S/C18H26N4O/c1-14-7-5-6-8-17(14)23-15(2)11-20-18(19-3)21-12-16-9-10-22(4)13-16/h5-10,13,15H,11-12H2,1-4H3,(H2,19,20,21). The van der Waals surface area contributed by atoms with Crippen LogP contribution in [0.15, 0.2) is 47.7 Å². The Morgan fingerprint density at radius 2 is 2.04 bits per heavy atom. The molecule has 124 valence electrons. The number of hydrogen-bond donors (Lipinski definition) is 2. The molecule has 0 aliphatic heterocycles. The molecule has 1 unspecified atom stereocenters. The number of nitrogens with one attached hydrogen (secondary N) is 2. The number of benzene rings is 1. The van der Waals surface area contributed by atoms with Crippen LogP contribution in [-0.4, -0.2) is 30.2 Å².